The highest BCUT2D eigenvalue weighted by atomic mass is 32.2. The number of ketones is 1. The van der Waals surface area contributed by atoms with Crippen LogP contribution in [0.15, 0.2) is 38.8 Å². The summed E-state index contributed by atoms with van der Waals surface area (Å²) in [5.74, 6) is -1.01. The number of Topliss-reactive ketones (excluding diaryl/α,β-unsaturated/α-hetero) is 1. The molecule has 0 atom stereocenters. The molecular formula is C18H23N5O4S. The van der Waals surface area contributed by atoms with Crippen LogP contribution in [0.3, 0.4) is 0 Å². The summed E-state index contributed by atoms with van der Waals surface area (Å²) in [5, 5.41) is 2.96. The van der Waals surface area contributed by atoms with Gasteiger partial charge in [0.1, 0.15) is 11.4 Å². The normalized spacial score (nSPS) is 10.6. The van der Waals surface area contributed by atoms with Gasteiger partial charge in [-0.3, -0.25) is 23.5 Å². The zero-order valence-corrected chi connectivity index (χ0v) is 16.5. The molecule has 0 spiro atoms. The standard InChI is InChI=1S/C18H23N5O4S/c1-3-8-23-16(20)15(17(26)22(2)18(23)27)12(24)9-21-11-6-4-5-7-13(11)28-10-14(19)25/h4-7,21H,3,8-10,20H2,1-2H3,(H2,19,25). The molecule has 0 aliphatic rings. The Morgan fingerprint density at radius 2 is 1.89 bits per heavy atom. The number of primary amides is 1. The van der Waals surface area contributed by atoms with Crippen molar-refractivity contribution in [3.63, 3.8) is 0 Å². The molecule has 0 unspecified atom stereocenters. The van der Waals surface area contributed by atoms with Gasteiger partial charge in [-0.1, -0.05) is 19.1 Å². The van der Waals surface area contributed by atoms with Gasteiger partial charge in [-0.05, 0) is 18.6 Å². The monoisotopic (exact) mass is 405 g/mol. The fourth-order valence-electron chi connectivity index (χ4n) is 2.64. The Kier molecular flexibility index (Phi) is 7.05. The lowest BCUT2D eigenvalue weighted by molar-refractivity contribution is -0.115. The fraction of sp³-hybridized carbons (Fsp3) is 0.333. The maximum atomic E-state index is 12.7. The van der Waals surface area contributed by atoms with E-state index in [1.165, 1.54) is 23.4 Å². The number of anilines is 2. The number of rotatable bonds is 9. The summed E-state index contributed by atoms with van der Waals surface area (Å²) in [6.45, 7) is 1.97. The minimum Gasteiger partial charge on any atom is -0.384 e. The van der Waals surface area contributed by atoms with Crippen molar-refractivity contribution >= 4 is 35.0 Å². The fourth-order valence-corrected chi connectivity index (χ4v) is 3.40. The van der Waals surface area contributed by atoms with Crippen LogP contribution in [-0.4, -0.2) is 33.1 Å². The number of benzene rings is 1. The molecular weight excluding hydrogens is 382 g/mol. The van der Waals surface area contributed by atoms with Crippen LogP contribution >= 0.6 is 11.8 Å². The third kappa shape index (κ3) is 4.63. The molecule has 0 aliphatic carbocycles. The van der Waals surface area contributed by atoms with Gasteiger partial charge in [0.2, 0.25) is 5.91 Å². The van der Waals surface area contributed by atoms with E-state index in [2.05, 4.69) is 5.32 Å². The summed E-state index contributed by atoms with van der Waals surface area (Å²) >= 11 is 1.24. The molecule has 150 valence electrons. The highest BCUT2D eigenvalue weighted by Gasteiger charge is 2.21. The van der Waals surface area contributed by atoms with Gasteiger partial charge >= 0.3 is 5.69 Å². The molecule has 1 aromatic carbocycles. The van der Waals surface area contributed by atoms with Crippen molar-refractivity contribution in [3.8, 4) is 0 Å². The van der Waals surface area contributed by atoms with Crippen LogP contribution in [-0.2, 0) is 18.4 Å². The highest BCUT2D eigenvalue weighted by Crippen LogP contribution is 2.26. The minimum atomic E-state index is -0.724. The third-order valence-corrected chi connectivity index (χ3v) is 5.10. The van der Waals surface area contributed by atoms with Crippen molar-refractivity contribution < 1.29 is 9.59 Å². The van der Waals surface area contributed by atoms with Crippen LogP contribution in [0.1, 0.15) is 23.7 Å². The molecule has 0 bridgehead atoms. The molecule has 1 amide bonds. The van der Waals surface area contributed by atoms with E-state index in [4.69, 9.17) is 11.5 Å². The van der Waals surface area contributed by atoms with E-state index in [0.29, 0.717) is 18.7 Å². The first-order valence-corrected chi connectivity index (χ1v) is 9.63. The van der Waals surface area contributed by atoms with E-state index in [1.54, 1.807) is 24.3 Å². The largest absolute Gasteiger partial charge is 0.384 e. The van der Waals surface area contributed by atoms with Crippen LogP contribution < -0.4 is 28.0 Å². The quantitative estimate of drug-likeness (QED) is 0.405. The van der Waals surface area contributed by atoms with Crippen LogP contribution in [0.25, 0.3) is 0 Å². The number of para-hydroxylation sites is 1. The van der Waals surface area contributed by atoms with Crippen molar-refractivity contribution in [1.29, 1.82) is 0 Å². The van der Waals surface area contributed by atoms with E-state index in [0.717, 1.165) is 9.46 Å². The lowest BCUT2D eigenvalue weighted by Gasteiger charge is -2.15. The number of amides is 1. The summed E-state index contributed by atoms with van der Waals surface area (Å²) in [4.78, 5) is 49.1. The van der Waals surface area contributed by atoms with Gasteiger partial charge in [-0.15, -0.1) is 11.8 Å². The molecule has 0 fully saturated rings. The van der Waals surface area contributed by atoms with Crippen LogP contribution in [0.2, 0.25) is 0 Å². The number of hydrogen-bond acceptors (Lipinski definition) is 7. The van der Waals surface area contributed by atoms with Crippen molar-refractivity contribution in [1.82, 2.24) is 9.13 Å². The Bertz CT molecular complexity index is 1010. The number of aromatic nitrogens is 2. The molecule has 5 N–H and O–H groups in total. The summed E-state index contributed by atoms with van der Waals surface area (Å²) in [5.41, 5.74) is 10.3. The zero-order valence-electron chi connectivity index (χ0n) is 15.7. The highest BCUT2D eigenvalue weighted by molar-refractivity contribution is 8.00. The van der Waals surface area contributed by atoms with E-state index in [1.807, 2.05) is 6.92 Å². The van der Waals surface area contributed by atoms with E-state index in [9.17, 15) is 19.2 Å². The number of nitrogens with one attached hydrogen (secondary N) is 1. The molecule has 0 saturated carbocycles. The van der Waals surface area contributed by atoms with Crippen molar-refractivity contribution in [2.24, 2.45) is 12.8 Å². The Hall–Kier alpha value is -3.01. The van der Waals surface area contributed by atoms with Gasteiger partial charge in [0.05, 0.1) is 12.3 Å². The number of nitrogen functional groups attached to an aromatic ring is 1. The first kappa shape index (κ1) is 21.3. The maximum absolute atomic E-state index is 12.7. The average molecular weight is 405 g/mol. The molecule has 10 heteroatoms. The number of carbonyl (C=O) groups excluding carboxylic acids is 2. The van der Waals surface area contributed by atoms with Gasteiger partial charge in [0.15, 0.2) is 5.78 Å². The number of nitrogens with zero attached hydrogens (tertiary/aromatic N) is 2. The SMILES string of the molecule is CCCn1c(N)c(C(=O)CNc2ccccc2SCC(N)=O)c(=O)n(C)c1=O. The Balaban J connectivity index is 2.29. The average Bonchev–Trinajstić information content (AvgIpc) is 2.67. The molecule has 0 radical (unpaired) electrons. The molecule has 9 nitrogen and oxygen atoms in total. The van der Waals surface area contributed by atoms with E-state index < -0.39 is 22.9 Å². The predicted octanol–water partition coefficient (Wildman–Crippen LogP) is 0.411. The molecule has 1 aromatic heterocycles. The number of carbonyl (C=O) groups is 2. The first-order valence-electron chi connectivity index (χ1n) is 8.64. The number of thioether (sulfide) groups is 1. The Morgan fingerprint density at radius 1 is 1.21 bits per heavy atom. The molecule has 1 heterocycles. The van der Waals surface area contributed by atoms with E-state index >= 15 is 0 Å². The van der Waals surface area contributed by atoms with Crippen molar-refractivity contribution in [3.05, 3.63) is 50.7 Å². The third-order valence-electron chi connectivity index (χ3n) is 4.01. The minimum absolute atomic E-state index is 0.0993. The smallest absolute Gasteiger partial charge is 0.332 e. The molecule has 0 aliphatic heterocycles. The van der Waals surface area contributed by atoms with Gasteiger partial charge < -0.3 is 16.8 Å². The summed E-state index contributed by atoms with van der Waals surface area (Å²) < 4.78 is 2.11. The maximum Gasteiger partial charge on any atom is 0.332 e. The van der Waals surface area contributed by atoms with Gasteiger partial charge in [0, 0.05) is 24.2 Å². The number of hydrogen-bond donors (Lipinski definition) is 3. The molecule has 0 saturated heterocycles. The Labute approximate surface area is 165 Å². The summed E-state index contributed by atoms with van der Waals surface area (Å²) in [6, 6.07) is 7.10. The van der Waals surface area contributed by atoms with E-state index in [-0.39, 0.29) is 23.7 Å². The van der Waals surface area contributed by atoms with Crippen molar-refractivity contribution in [2.75, 3.05) is 23.3 Å². The second kappa shape index (κ2) is 9.27. The zero-order chi connectivity index (χ0) is 20.8. The summed E-state index contributed by atoms with van der Waals surface area (Å²) in [7, 11) is 1.32. The van der Waals surface area contributed by atoms with Gasteiger partial charge in [0.25, 0.3) is 5.56 Å². The number of nitrogens with two attached hydrogens (primary N) is 2. The summed E-state index contributed by atoms with van der Waals surface area (Å²) in [6.07, 6.45) is 0.624. The lowest BCUT2D eigenvalue weighted by atomic mass is 10.2. The predicted molar refractivity (Wildman–Crippen MR) is 110 cm³/mol. The second-order valence-electron chi connectivity index (χ2n) is 6.09. The lowest BCUT2D eigenvalue weighted by Crippen LogP contribution is -2.43. The molecule has 28 heavy (non-hydrogen) atoms. The van der Waals surface area contributed by atoms with Crippen LogP contribution in [0, 0.1) is 0 Å². The van der Waals surface area contributed by atoms with Gasteiger partial charge in [-0.2, -0.15) is 0 Å². The molecule has 2 rings (SSSR count). The van der Waals surface area contributed by atoms with Crippen molar-refractivity contribution in [2.45, 2.75) is 24.8 Å². The van der Waals surface area contributed by atoms with Crippen LogP contribution in [0.5, 0.6) is 0 Å². The topological polar surface area (TPSA) is 142 Å². The molecule has 2 aromatic rings. The second-order valence-corrected chi connectivity index (χ2v) is 7.10. The van der Waals surface area contributed by atoms with Gasteiger partial charge in [-0.25, -0.2) is 4.79 Å². The Morgan fingerprint density at radius 3 is 2.54 bits per heavy atom. The first-order chi connectivity index (χ1) is 13.3. The van der Waals surface area contributed by atoms with Crippen LogP contribution in [0.4, 0.5) is 11.5 Å².